The van der Waals surface area contributed by atoms with Crippen LogP contribution >= 0.6 is 11.6 Å². The number of aromatic hydroxyl groups is 1. The number of aryl methyl sites for hydroxylation is 1. The molecule has 14 nitrogen and oxygen atoms in total. The number of carbonyl (C=O) groups is 4. The third-order valence-electron chi connectivity index (χ3n) is 11.9. The number of amides is 4. The minimum absolute atomic E-state index is 0.0241. The van der Waals surface area contributed by atoms with Gasteiger partial charge in [-0.3, -0.25) is 39.4 Å². The van der Waals surface area contributed by atoms with Gasteiger partial charge in [-0.1, -0.05) is 77.8 Å². The highest BCUT2D eigenvalue weighted by molar-refractivity contribution is 6.32. The van der Waals surface area contributed by atoms with E-state index < -0.39 is 79.9 Å². The van der Waals surface area contributed by atoms with Gasteiger partial charge in [-0.25, -0.2) is 9.80 Å². The average molecular weight is 776 g/mol. The minimum Gasteiger partial charge on any atom is -0.507 e. The molecule has 15 heteroatoms. The number of anilines is 3. The Labute approximate surface area is 324 Å². The number of imide groups is 2. The molecule has 6 unspecified atom stereocenters. The van der Waals surface area contributed by atoms with Crippen LogP contribution in [-0.4, -0.2) is 52.7 Å². The van der Waals surface area contributed by atoms with Crippen molar-refractivity contribution in [3.63, 3.8) is 0 Å². The Morgan fingerprint density at radius 2 is 1.46 bits per heavy atom. The van der Waals surface area contributed by atoms with E-state index >= 15 is 4.79 Å². The Morgan fingerprint density at radius 1 is 0.804 bits per heavy atom. The molecule has 8 rings (SSSR count). The molecule has 0 bridgehead atoms. The number of benzene rings is 4. The van der Waals surface area contributed by atoms with Gasteiger partial charge in [0.15, 0.2) is 5.69 Å². The Morgan fingerprint density at radius 3 is 2.09 bits per heavy atom. The first-order valence-electron chi connectivity index (χ1n) is 17.9. The molecule has 56 heavy (non-hydrogen) atoms. The van der Waals surface area contributed by atoms with Gasteiger partial charge in [0.25, 0.3) is 0 Å². The number of nitro benzene ring substituents is 2. The van der Waals surface area contributed by atoms with Gasteiger partial charge in [-0.05, 0) is 55.0 Å². The third-order valence-corrected chi connectivity index (χ3v) is 12.1. The van der Waals surface area contributed by atoms with E-state index in [0.29, 0.717) is 27.3 Å². The van der Waals surface area contributed by atoms with Crippen LogP contribution in [0.3, 0.4) is 0 Å². The van der Waals surface area contributed by atoms with Crippen LogP contribution in [0.5, 0.6) is 5.75 Å². The number of hydrogen-bond donors (Lipinski definition) is 1. The highest BCUT2D eigenvalue weighted by atomic mass is 35.5. The Kier molecular flexibility index (Phi) is 8.56. The molecule has 0 radical (unpaired) electrons. The number of rotatable bonds is 7. The smallest absolute Gasteiger partial charge is 0.301 e. The second kappa shape index (κ2) is 13.1. The summed E-state index contributed by atoms with van der Waals surface area (Å²) >= 11 is 6.38. The van der Waals surface area contributed by atoms with Gasteiger partial charge < -0.3 is 10.0 Å². The molecule has 1 N–H and O–H groups in total. The van der Waals surface area contributed by atoms with Gasteiger partial charge in [0.1, 0.15) is 5.75 Å². The maximum absolute atomic E-state index is 15.4. The molecule has 4 aliphatic rings. The van der Waals surface area contributed by atoms with Gasteiger partial charge in [-0.15, -0.1) is 0 Å². The number of fused-ring (bicyclic) bond motifs is 4. The average Bonchev–Trinajstić information content (AvgIpc) is 3.56. The lowest BCUT2D eigenvalue weighted by atomic mass is 9.49. The molecule has 0 aromatic heterocycles. The largest absolute Gasteiger partial charge is 0.507 e. The monoisotopic (exact) mass is 775 g/mol. The molecule has 0 spiro atoms. The van der Waals surface area contributed by atoms with Gasteiger partial charge >= 0.3 is 11.4 Å². The molecule has 2 aliphatic heterocycles. The lowest BCUT2D eigenvalue weighted by Crippen LogP contribution is -2.53. The van der Waals surface area contributed by atoms with Crippen molar-refractivity contribution >= 4 is 63.7 Å². The minimum atomic E-state index is -1.62. The number of nitrogens with zero attached hydrogens (tertiary/aromatic N) is 5. The van der Waals surface area contributed by atoms with Crippen molar-refractivity contribution < 1.29 is 34.1 Å². The predicted molar refractivity (Wildman–Crippen MR) is 205 cm³/mol. The molecular weight excluding hydrogens is 742 g/mol. The first-order valence-corrected chi connectivity index (χ1v) is 18.3. The van der Waals surface area contributed by atoms with E-state index in [-0.39, 0.29) is 35.7 Å². The fourth-order valence-electron chi connectivity index (χ4n) is 9.71. The van der Waals surface area contributed by atoms with Crippen LogP contribution < -0.4 is 14.7 Å². The molecule has 4 aromatic carbocycles. The topological polar surface area (TPSA) is 185 Å². The molecule has 2 heterocycles. The number of para-hydroxylation sites is 1. The van der Waals surface area contributed by atoms with E-state index in [1.54, 1.807) is 73.7 Å². The van der Waals surface area contributed by atoms with Crippen LogP contribution in [0.25, 0.3) is 0 Å². The summed E-state index contributed by atoms with van der Waals surface area (Å²) in [6.45, 7) is 1.72. The number of phenols is 1. The van der Waals surface area contributed by atoms with Crippen molar-refractivity contribution in [1.29, 1.82) is 0 Å². The fraction of sp³-hybridized carbons (Fsp3) is 0.268. The second-order valence-corrected chi connectivity index (χ2v) is 15.3. The van der Waals surface area contributed by atoms with E-state index in [1.165, 1.54) is 25.1 Å². The van der Waals surface area contributed by atoms with Crippen LogP contribution in [0, 0.1) is 50.8 Å². The van der Waals surface area contributed by atoms with Crippen LogP contribution in [0.2, 0.25) is 5.02 Å². The van der Waals surface area contributed by atoms with Crippen molar-refractivity contribution in [3.05, 3.63) is 139 Å². The number of allylic oxidation sites excluding steroid dienone is 2. The fourth-order valence-corrected chi connectivity index (χ4v) is 9.90. The first kappa shape index (κ1) is 36.6. The molecule has 4 aromatic rings. The van der Waals surface area contributed by atoms with E-state index in [9.17, 15) is 39.7 Å². The van der Waals surface area contributed by atoms with Gasteiger partial charge in [0, 0.05) is 42.7 Å². The summed E-state index contributed by atoms with van der Waals surface area (Å²) < 4.78 is 0. The van der Waals surface area contributed by atoms with Crippen molar-refractivity contribution in [2.24, 2.45) is 23.7 Å². The number of halogens is 1. The zero-order valence-electron chi connectivity index (χ0n) is 30.3. The van der Waals surface area contributed by atoms with Crippen LogP contribution in [0.4, 0.5) is 28.4 Å². The summed E-state index contributed by atoms with van der Waals surface area (Å²) in [5.74, 6) is -7.58. The Bertz CT molecular complexity index is 2420. The maximum atomic E-state index is 15.4. The van der Waals surface area contributed by atoms with Crippen molar-refractivity contribution in [3.8, 4) is 5.75 Å². The lowest BCUT2D eigenvalue weighted by Gasteiger charge is -2.50. The molecule has 2 aliphatic carbocycles. The molecular formula is C41H34ClN5O9. The number of phenolic OH excluding ortho intramolecular Hbond substituents is 1. The van der Waals surface area contributed by atoms with E-state index in [0.717, 1.165) is 21.9 Å². The van der Waals surface area contributed by atoms with Crippen molar-refractivity contribution in [2.45, 2.75) is 31.1 Å². The molecule has 4 amide bonds. The van der Waals surface area contributed by atoms with Crippen molar-refractivity contribution in [1.82, 2.24) is 0 Å². The van der Waals surface area contributed by atoms with Gasteiger partial charge in [0.2, 0.25) is 23.6 Å². The molecule has 2 saturated heterocycles. The normalized spacial score (nSPS) is 25.4. The second-order valence-electron chi connectivity index (χ2n) is 14.9. The zero-order chi connectivity index (χ0) is 40.0. The van der Waals surface area contributed by atoms with E-state index in [1.807, 2.05) is 6.08 Å². The summed E-state index contributed by atoms with van der Waals surface area (Å²) in [7, 11) is 2.82. The first-order chi connectivity index (χ1) is 26.7. The summed E-state index contributed by atoms with van der Waals surface area (Å²) in [5.41, 5.74) is -1.32. The molecule has 284 valence electrons. The highest BCUT2D eigenvalue weighted by Crippen LogP contribution is 2.65. The summed E-state index contributed by atoms with van der Waals surface area (Å²) in [6, 6.07) is 22.4. The predicted octanol–water partition coefficient (Wildman–Crippen LogP) is 6.60. The number of carbonyl (C=O) groups excluding carboxylic acids is 4. The SMILES string of the molecule is Cc1cccc(C2C3=CCC4C(=O)N(c5cc([N+](=O)[O-])c(N(C)C)c([N+](=O)[O-])c5)C(=O)C4C3CC3C(=O)N(c4cccc(Cl)c4)C(=O)C32c2ccccc2)c1O. The molecule has 1 saturated carbocycles. The maximum Gasteiger partial charge on any atom is 0.301 e. The van der Waals surface area contributed by atoms with Crippen molar-refractivity contribution in [2.75, 3.05) is 28.8 Å². The van der Waals surface area contributed by atoms with Crippen LogP contribution in [-0.2, 0) is 24.6 Å². The lowest BCUT2D eigenvalue weighted by molar-refractivity contribution is -0.392. The van der Waals surface area contributed by atoms with Gasteiger partial charge in [0.05, 0.1) is 44.4 Å². The zero-order valence-corrected chi connectivity index (χ0v) is 31.0. The standard InChI is InChI=1S/C41H34ClN5O9/c1-21-9-7-14-28(36(21)48)34-26-15-16-27-33(39(51)44(37(27)49)25-18-31(46(53)54)35(43(2)3)32(19-25)47(55)56)29(26)20-30-38(50)45(24-13-8-12-23(42)17-24)40(52)41(30,34)22-10-5-4-6-11-22/h4-15,17-19,27,29-30,33-34,48H,16,20H2,1-3H3. The highest BCUT2D eigenvalue weighted by Gasteiger charge is 2.70. The summed E-state index contributed by atoms with van der Waals surface area (Å²) in [5, 5.41) is 36.5. The summed E-state index contributed by atoms with van der Waals surface area (Å²) in [4.78, 5) is 85.3. The van der Waals surface area contributed by atoms with Crippen LogP contribution in [0.1, 0.15) is 35.4 Å². The number of hydrogen-bond acceptors (Lipinski definition) is 10. The quantitative estimate of drug-likeness (QED) is 0.0928. The van der Waals surface area contributed by atoms with Gasteiger partial charge in [-0.2, -0.15) is 0 Å². The number of nitro groups is 2. The van der Waals surface area contributed by atoms with E-state index in [4.69, 9.17) is 11.6 Å². The molecule has 6 atom stereocenters. The van der Waals surface area contributed by atoms with Crippen LogP contribution in [0.15, 0.2) is 96.6 Å². The van der Waals surface area contributed by atoms with E-state index in [2.05, 4.69) is 0 Å². The Balaban J connectivity index is 1.33. The Hall–Kier alpha value is -6.41. The molecule has 3 fully saturated rings. The summed E-state index contributed by atoms with van der Waals surface area (Å²) in [6.07, 6.45) is 1.79. The third kappa shape index (κ3) is 5.08.